The molecule has 2 aliphatic rings. The number of hydrogen-bond donors (Lipinski definition) is 0. The number of dihydropyridines is 1. The molecule has 101 valence electrons. The zero-order valence-electron chi connectivity index (χ0n) is 11.2. The summed E-state index contributed by atoms with van der Waals surface area (Å²) in [7, 11) is 0. The Morgan fingerprint density at radius 1 is 1.42 bits per heavy atom. The van der Waals surface area contributed by atoms with Crippen molar-refractivity contribution in [3.8, 4) is 0 Å². The fourth-order valence-corrected chi connectivity index (χ4v) is 1.52. The number of nitrogens with zero attached hydrogens (tertiary/aromatic N) is 3. The van der Waals surface area contributed by atoms with Gasteiger partial charge in [0.05, 0.1) is 6.54 Å². The van der Waals surface area contributed by atoms with Gasteiger partial charge in [0.25, 0.3) is 0 Å². The molecule has 19 heavy (non-hydrogen) atoms. The molecule has 0 N–H and O–H groups in total. The summed E-state index contributed by atoms with van der Waals surface area (Å²) >= 11 is 0. The summed E-state index contributed by atoms with van der Waals surface area (Å²) in [6, 6.07) is 0. The average molecular weight is 262 g/mol. The first-order chi connectivity index (χ1) is 8.46. The molecule has 0 atom stereocenters. The minimum absolute atomic E-state index is 0. The Labute approximate surface area is 112 Å². The van der Waals surface area contributed by atoms with Crippen molar-refractivity contribution in [2.45, 2.75) is 26.4 Å². The van der Waals surface area contributed by atoms with Crippen molar-refractivity contribution < 1.29 is 14.3 Å². The summed E-state index contributed by atoms with van der Waals surface area (Å²) in [4.78, 5) is 20.1. The molecule has 0 bridgehead atoms. The molecule has 0 aromatic carbocycles. The van der Waals surface area contributed by atoms with E-state index in [1.165, 1.54) is 0 Å². The van der Waals surface area contributed by atoms with Crippen LogP contribution in [0.3, 0.4) is 0 Å². The highest BCUT2D eigenvalue weighted by Gasteiger charge is 2.24. The van der Waals surface area contributed by atoms with Crippen LogP contribution < -0.4 is 6.15 Å². The standard InChI is InChI=1S/C13H16N2O3.N/c1-13(2,3)18-12(16)10-6-11-9(8-15-10)7-14-4-5-17-11;/h4,6-7H,5,8H2,1-3H3;. The second-order valence-corrected chi connectivity index (χ2v) is 5.01. The molecular weight excluding hydrogens is 246 g/mol. The predicted octanol–water partition coefficient (Wildman–Crippen LogP) is 1.17. The maximum absolute atomic E-state index is 11.9. The van der Waals surface area contributed by atoms with Crippen LogP contribution in [0.25, 0.3) is 0 Å². The Morgan fingerprint density at radius 2 is 2.16 bits per heavy atom. The first-order valence-corrected chi connectivity index (χ1v) is 5.79. The van der Waals surface area contributed by atoms with Gasteiger partial charge in [0.15, 0.2) is 0 Å². The molecule has 0 aliphatic carbocycles. The van der Waals surface area contributed by atoms with Crippen molar-refractivity contribution in [1.29, 1.82) is 0 Å². The number of aliphatic imine (C=N–C) groups is 2. The SMILES string of the molecule is CC(C)(C)OC(=O)C1=NCC2=CN=CCOC2=C1.[N]. The van der Waals surface area contributed by atoms with Gasteiger partial charge in [-0.05, 0) is 20.8 Å². The minimum Gasteiger partial charge on any atom is -0.487 e. The highest BCUT2D eigenvalue weighted by atomic mass is 16.6. The third-order valence-corrected chi connectivity index (χ3v) is 2.26. The van der Waals surface area contributed by atoms with Crippen molar-refractivity contribution in [2.75, 3.05) is 13.2 Å². The number of fused-ring (bicyclic) bond motifs is 1. The molecule has 0 aromatic rings. The lowest BCUT2D eigenvalue weighted by Gasteiger charge is -2.21. The maximum Gasteiger partial charge on any atom is 0.357 e. The van der Waals surface area contributed by atoms with Crippen LogP contribution in [-0.4, -0.2) is 36.6 Å². The quantitative estimate of drug-likeness (QED) is 0.664. The van der Waals surface area contributed by atoms with Crippen molar-refractivity contribution in [1.82, 2.24) is 6.15 Å². The molecule has 0 saturated carbocycles. The van der Waals surface area contributed by atoms with Gasteiger partial charge in [-0.25, -0.2) is 4.79 Å². The molecular formula is C13H16N3O3. The normalized spacial score (nSPS) is 17.7. The van der Waals surface area contributed by atoms with Crippen LogP contribution in [0.15, 0.2) is 33.6 Å². The monoisotopic (exact) mass is 262 g/mol. The molecule has 6 heteroatoms. The van der Waals surface area contributed by atoms with E-state index in [0.717, 1.165) is 5.57 Å². The van der Waals surface area contributed by atoms with Crippen LogP contribution in [0, 0.1) is 0 Å². The molecule has 0 amide bonds. The van der Waals surface area contributed by atoms with Gasteiger partial charge in [0.1, 0.15) is 23.7 Å². The van der Waals surface area contributed by atoms with E-state index in [1.54, 1.807) is 18.5 Å². The predicted molar refractivity (Wildman–Crippen MR) is 70.9 cm³/mol. The molecule has 0 spiro atoms. The minimum atomic E-state index is -0.526. The Hall–Kier alpha value is -1.95. The Balaban J connectivity index is 0.00000180. The van der Waals surface area contributed by atoms with Crippen molar-refractivity contribution in [3.63, 3.8) is 0 Å². The summed E-state index contributed by atoms with van der Waals surface area (Å²) < 4.78 is 10.7. The molecule has 2 aliphatic heterocycles. The number of carbonyl (C=O) groups excluding carboxylic acids is 1. The van der Waals surface area contributed by atoms with Crippen LogP contribution >= 0.6 is 0 Å². The van der Waals surface area contributed by atoms with Crippen LogP contribution in [0.5, 0.6) is 0 Å². The van der Waals surface area contributed by atoms with E-state index in [2.05, 4.69) is 9.98 Å². The second-order valence-electron chi connectivity index (χ2n) is 5.01. The Bertz CT molecular complexity index is 482. The highest BCUT2D eigenvalue weighted by Crippen LogP contribution is 2.19. The third kappa shape index (κ3) is 4.03. The molecule has 0 fully saturated rings. The van der Waals surface area contributed by atoms with E-state index in [4.69, 9.17) is 9.47 Å². The molecule has 2 heterocycles. The number of carbonyl (C=O) groups is 1. The maximum atomic E-state index is 11.9. The van der Waals surface area contributed by atoms with E-state index < -0.39 is 11.6 Å². The first-order valence-electron chi connectivity index (χ1n) is 5.79. The van der Waals surface area contributed by atoms with Gasteiger partial charge in [-0.2, -0.15) is 0 Å². The van der Waals surface area contributed by atoms with E-state index in [9.17, 15) is 4.79 Å². The number of esters is 1. The van der Waals surface area contributed by atoms with E-state index in [-0.39, 0.29) is 6.15 Å². The van der Waals surface area contributed by atoms with Gasteiger partial charge >= 0.3 is 5.97 Å². The highest BCUT2D eigenvalue weighted by molar-refractivity contribution is 6.41. The number of rotatable bonds is 1. The van der Waals surface area contributed by atoms with E-state index >= 15 is 0 Å². The zero-order valence-corrected chi connectivity index (χ0v) is 11.2. The fraction of sp³-hybridized carbons (Fsp3) is 0.462. The zero-order chi connectivity index (χ0) is 13.2. The molecule has 2 rings (SSSR count). The molecule has 6 nitrogen and oxygen atoms in total. The lowest BCUT2D eigenvalue weighted by atomic mass is 10.1. The molecule has 0 aromatic heterocycles. The fourth-order valence-electron chi connectivity index (χ4n) is 1.52. The molecule has 0 saturated heterocycles. The van der Waals surface area contributed by atoms with Gasteiger partial charge in [0.2, 0.25) is 0 Å². The Morgan fingerprint density at radius 3 is 2.84 bits per heavy atom. The van der Waals surface area contributed by atoms with E-state index in [1.807, 2.05) is 20.8 Å². The van der Waals surface area contributed by atoms with Crippen molar-refractivity contribution in [2.24, 2.45) is 9.98 Å². The summed E-state index contributed by atoms with van der Waals surface area (Å²) in [6.07, 6.45) is 4.98. The summed E-state index contributed by atoms with van der Waals surface area (Å²) in [5.74, 6) is 0.214. The summed E-state index contributed by atoms with van der Waals surface area (Å²) in [5, 5.41) is 0. The molecule has 3 radical (unpaired) electrons. The van der Waals surface area contributed by atoms with Gasteiger partial charge in [-0.1, -0.05) is 0 Å². The number of hydrogen-bond acceptors (Lipinski definition) is 5. The van der Waals surface area contributed by atoms with Crippen LogP contribution in [-0.2, 0) is 14.3 Å². The van der Waals surface area contributed by atoms with Crippen molar-refractivity contribution in [3.05, 3.63) is 23.6 Å². The van der Waals surface area contributed by atoms with Gasteiger partial charge in [-0.3, -0.25) is 9.98 Å². The van der Waals surface area contributed by atoms with Crippen LogP contribution in [0.4, 0.5) is 0 Å². The summed E-state index contributed by atoms with van der Waals surface area (Å²) in [5.41, 5.74) is 0.636. The van der Waals surface area contributed by atoms with Gasteiger partial charge in [-0.15, -0.1) is 0 Å². The van der Waals surface area contributed by atoms with Crippen LogP contribution in [0.1, 0.15) is 20.8 Å². The van der Waals surface area contributed by atoms with Gasteiger partial charge < -0.3 is 9.47 Å². The topological polar surface area (TPSA) is 90.8 Å². The smallest absolute Gasteiger partial charge is 0.357 e. The molecule has 0 unspecified atom stereocenters. The largest absolute Gasteiger partial charge is 0.487 e. The second kappa shape index (κ2) is 5.79. The third-order valence-electron chi connectivity index (χ3n) is 2.26. The van der Waals surface area contributed by atoms with Crippen molar-refractivity contribution >= 4 is 17.9 Å². The van der Waals surface area contributed by atoms with Gasteiger partial charge in [0, 0.05) is 30.2 Å². The first kappa shape index (κ1) is 15.1. The van der Waals surface area contributed by atoms with E-state index in [0.29, 0.717) is 24.6 Å². The average Bonchev–Trinajstić information content (AvgIpc) is 2.50. The summed E-state index contributed by atoms with van der Waals surface area (Å²) in [6.45, 7) is 6.25. The lowest BCUT2D eigenvalue weighted by Crippen LogP contribution is -2.29. The lowest BCUT2D eigenvalue weighted by molar-refractivity contribution is -0.146. The Kier molecular flexibility index (Phi) is 4.61. The van der Waals surface area contributed by atoms with Crippen LogP contribution in [0.2, 0.25) is 0 Å². The number of ether oxygens (including phenoxy) is 2.